The molecule has 0 radical (unpaired) electrons. The lowest BCUT2D eigenvalue weighted by atomic mass is 10.1. The molecule has 0 aliphatic rings. The lowest BCUT2D eigenvalue weighted by molar-refractivity contribution is 1.20. The van der Waals surface area contributed by atoms with Gasteiger partial charge in [0.05, 0.1) is 11.6 Å². The van der Waals surface area contributed by atoms with Crippen molar-refractivity contribution in [3.05, 3.63) is 139 Å². The molecule has 0 amide bonds. The van der Waals surface area contributed by atoms with Crippen LogP contribution in [0.1, 0.15) is 19.4 Å². The Morgan fingerprint density at radius 1 is 0.462 bits per heavy atom. The van der Waals surface area contributed by atoms with Crippen molar-refractivity contribution in [3.63, 3.8) is 0 Å². The summed E-state index contributed by atoms with van der Waals surface area (Å²) in [6.07, 6.45) is 0. The average Bonchev–Trinajstić information content (AvgIpc) is 3.02. The fraction of sp³-hybridized carbons (Fsp3) is 0.0833. The van der Waals surface area contributed by atoms with Crippen LogP contribution >= 0.6 is 0 Å². The van der Waals surface area contributed by atoms with Gasteiger partial charge >= 0.3 is 0 Å². The summed E-state index contributed by atoms with van der Waals surface area (Å²) in [6, 6.07) is 48.6. The Kier molecular flexibility index (Phi) is 7.57. The summed E-state index contributed by atoms with van der Waals surface area (Å²) >= 11 is 0. The smallest absolute Gasteiger partial charge is 0.0991 e. The molecule has 39 heavy (non-hydrogen) atoms. The number of hydrogen-bond donors (Lipinski definition) is 0. The quantitative estimate of drug-likeness (QED) is 0.233. The second-order valence-corrected chi connectivity index (χ2v) is 9.13. The highest BCUT2D eigenvalue weighted by molar-refractivity contribution is 5.92. The molecule has 0 aliphatic carbocycles. The number of nitriles is 1. The molecule has 0 atom stereocenters. The van der Waals surface area contributed by atoms with E-state index in [2.05, 4.69) is 125 Å². The van der Waals surface area contributed by atoms with Crippen molar-refractivity contribution in [2.45, 2.75) is 13.8 Å². The van der Waals surface area contributed by atoms with E-state index in [0.717, 1.165) is 28.4 Å². The number of nitrogens with zero attached hydrogens (tertiary/aromatic N) is 3. The van der Waals surface area contributed by atoms with E-state index < -0.39 is 0 Å². The number of rotatable bonds is 5. The molecule has 0 N–H and O–H groups in total. The van der Waals surface area contributed by atoms with Crippen LogP contribution in [0.4, 0.5) is 28.4 Å². The van der Waals surface area contributed by atoms with E-state index in [9.17, 15) is 0 Å². The summed E-state index contributed by atoms with van der Waals surface area (Å²) in [6.45, 7) is 4.00. The van der Waals surface area contributed by atoms with Gasteiger partial charge < -0.3 is 9.80 Å². The highest BCUT2D eigenvalue weighted by Gasteiger charge is 2.14. The maximum Gasteiger partial charge on any atom is 0.0991 e. The molecule has 0 unspecified atom stereocenters. The Bertz CT molecular complexity index is 1670. The largest absolute Gasteiger partial charge is 0.345 e. The summed E-state index contributed by atoms with van der Waals surface area (Å²) in [5.74, 6) is 0. The minimum Gasteiger partial charge on any atom is -0.345 e. The Labute approximate surface area is 230 Å². The second-order valence-electron chi connectivity index (χ2n) is 9.13. The van der Waals surface area contributed by atoms with Crippen LogP contribution in [0.25, 0.3) is 21.5 Å². The van der Waals surface area contributed by atoms with Crippen LogP contribution in [-0.4, -0.2) is 7.05 Å². The first-order valence-electron chi connectivity index (χ1n) is 13.3. The third kappa shape index (κ3) is 5.32. The van der Waals surface area contributed by atoms with Crippen molar-refractivity contribution >= 4 is 50.0 Å². The number of fused-ring (bicyclic) bond motifs is 2. The molecule has 0 bridgehead atoms. The highest BCUT2D eigenvalue weighted by Crippen LogP contribution is 2.38. The summed E-state index contributed by atoms with van der Waals surface area (Å²) in [5.41, 5.74) is 6.08. The van der Waals surface area contributed by atoms with Gasteiger partial charge in [-0.1, -0.05) is 74.5 Å². The molecule has 6 rings (SSSR count). The Hall–Kier alpha value is -5.07. The van der Waals surface area contributed by atoms with E-state index in [0.29, 0.717) is 5.56 Å². The molecule has 0 saturated heterocycles. The first-order valence-corrected chi connectivity index (χ1v) is 13.3. The van der Waals surface area contributed by atoms with E-state index in [1.54, 1.807) is 0 Å². The zero-order chi connectivity index (χ0) is 27.2. The zero-order valence-corrected chi connectivity index (χ0v) is 22.5. The van der Waals surface area contributed by atoms with E-state index in [1.165, 1.54) is 21.5 Å². The van der Waals surface area contributed by atoms with Crippen LogP contribution in [0.15, 0.2) is 133 Å². The molecule has 0 saturated carbocycles. The van der Waals surface area contributed by atoms with Crippen LogP contribution < -0.4 is 9.80 Å². The molecule has 0 heterocycles. The fourth-order valence-corrected chi connectivity index (χ4v) is 4.81. The van der Waals surface area contributed by atoms with E-state index in [4.69, 9.17) is 5.26 Å². The van der Waals surface area contributed by atoms with Gasteiger partial charge in [-0.05, 0) is 94.3 Å². The van der Waals surface area contributed by atoms with Crippen LogP contribution in [0, 0.1) is 11.3 Å². The molecule has 6 aromatic carbocycles. The predicted octanol–water partition coefficient (Wildman–Crippen LogP) is 10.1. The van der Waals surface area contributed by atoms with Crippen molar-refractivity contribution in [3.8, 4) is 6.07 Å². The Morgan fingerprint density at radius 3 is 1.31 bits per heavy atom. The third-order valence-electron chi connectivity index (χ3n) is 6.86. The maximum atomic E-state index is 9.10. The van der Waals surface area contributed by atoms with E-state index in [-0.39, 0.29) is 0 Å². The number of anilines is 5. The van der Waals surface area contributed by atoms with Gasteiger partial charge in [0.15, 0.2) is 0 Å². The third-order valence-corrected chi connectivity index (χ3v) is 6.86. The van der Waals surface area contributed by atoms with Crippen LogP contribution in [0.5, 0.6) is 0 Å². The molecule has 190 valence electrons. The molecule has 6 aromatic rings. The lowest BCUT2D eigenvalue weighted by Crippen LogP contribution is -2.12. The highest BCUT2D eigenvalue weighted by atomic mass is 15.1. The fourth-order valence-electron chi connectivity index (χ4n) is 4.81. The second kappa shape index (κ2) is 11.5. The Balaban J connectivity index is 0.00000151. The molecular weight excluding hydrogens is 474 g/mol. The monoisotopic (exact) mass is 505 g/mol. The zero-order valence-electron chi connectivity index (χ0n) is 22.5. The molecular formula is C36H31N3. The molecule has 0 fully saturated rings. The molecule has 0 spiro atoms. The van der Waals surface area contributed by atoms with Crippen molar-refractivity contribution in [1.29, 1.82) is 5.26 Å². The Morgan fingerprint density at radius 2 is 0.846 bits per heavy atom. The van der Waals surface area contributed by atoms with Crippen LogP contribution in [0.2, 0.25) is 0 Å². The normalized spacial score (nSPS) is 10.4. The first kappa shape index (κ1) is 25.6. The van der Waals surface area contributed by atoms with Gasteiger partial charge in [0.2, 0.25) is 0 Å². The van der Waals surface area contributed by atoms with E-state index in [1.807, 2.05) is 45.2 Å². The minimum atomic E-state index is 0.661. The SMILES string of the molecule is CC.CN(c1ccc(C#N)cc1)c1ccc(N(c2ccc3ccccc3c2)c2ccc3ccccc3c2)cc1. The average molecular weight is 506 g/mol. The lowest BCUT2D eigenvalue weighted by Gasteiger charge is -2.27. The van der Waals surface area contributed by atoms with Gasteiger partial charge in [0.1, 0.15) is 0 Å². The minimum absolute atomic E-state index is 0.661. The van der Waals surface area contributed by atoms with E-state index >= 15 is 0 Å². The van der Waals surface area contributed by atoms with Gasteiger partial charge in [-0.25, -0.2) is 0 Å². The van der Waals surface area contributed by atoms with Crippen molar-refractivity contribution < 1.29 is 0 Å². The van der Waals surface area contributed by atoms with Crippen molar-refractivity contribution in [1.82, 2.24) is 0 Å². The maximum absolute atomic E-state index is 9.10. The summed E-state index contributed by atoms with van der Waals surface area (Å²) < 4.78 is 0. The number of benzene rings is 6. The first-order chi connectivity index (χ1) is 19.2. The van der Waals surface area contributed by atoms with Gasteiger partial charge in [-0.2, -0.15) is 5.26 Å². The van der Waals surface area contributed by atoms with Gasteiger partial charge in [-0.3, -0.25) is 0 Å². The summed E-state index contributed by atoms with van der Waals surface area (Å²) in [4.78, 5) is 4.44. The van der Waals surface area contributed by atoms with Gasteiger partial charge in [-0.15, -0.1) is 0 Å². The predicted molar refractivity (Wildman–Crippen MR) is 167 cm³/mol. The topological polar surface area (TPSA) is 30.3 Å². The molecule has 0 aliphatic heterocycles. The van der Waals surface area contributed by atoms with Gasteiger partial charge in [0, 0.05) is 35.5 Å². The van der Waals surface area contributed by atoms with Crippen molar-refractivity contribution in [2.24, 2.45) is 0 Å². The molecule has 3 heteroatoms. The van der Waals surface area contributed by atoms with Gasteiger partial charge in [0.25, 0.3) is 0 Å². The summed E-state index contributed by atoms with van der Waals surface area (Å²) in [5, 5.41) is 14.0. The van der Waals surface area contributed by atoms with Crippen LogP contribution in [0.3, 0.4) is 0 Å². The molecule has 3 nitrogen and oxygen atoms in total. The number of hydrogen-bond acceptors (Lipinski definition) is 3. The van der Waals surface area contributed by atoms with Crippen LogP contribution in [-0.2, 0) is 0 Å². The summed E-state index contributed by atoms with van der Waals surface area (Å²) in [7, 11) is 2.04. The molecule has 0 aromatic heterocycles. The standard InChI is InChI=1S/C34H25N3.C2H6/c1-36(30-14-10-25(24-35)11-15-30)31-18-20-32(21-19-31)37(33-16-12-26-6-2-4-8-28(26)22-33)34-17-13-27-7-3-5-9-29(27)23-34;1-2/h2-23H,1H3;1-2H3. The van der Waals surface area contributed by atoms with Crippen molar-refractivity contribution in [2.75, 3.05) is 16.8 Å².